The summed E-state index contributed by atoms with van der Waals surface area (Å²) < 4.78 is 0. The molecule has 1 aliphatic heterocycles. The van der Waals surface area contributed by atoms with E-state index in [1.165, 1.54) is 5.56 Å². The van der Waals surface area contributed by atoms with Crippen molar-refractivity contribution in [2.24, 2.45) is 0 Å². The first-order valence-corrected chi connectivity index (χ1v) is 6.69. The number of likely N-dealkylation sites (N-methyl/N-ethyl adjacent to an activating group) is 1. The quantitative estimate of drug-likeness (QED) is 0.924. The molecule has 1 unspecified atom stereocenters. The maximum absolute atomic E-state index is 12.6. The Kier molecular flexibility index (Phi) is 5.39. The molecule has 2 rings (SSSR count). The average molecular weight is 283 g/mol. The van der Waals surface area contributed by atoms with Gasteiger partial charge >= 0.3 is 0 Å². The van der Waals surface area contributed by atoms with E-state index in [-0.39, 0.29) is 23.9 Å². The molecule has 0 aromatic heterocycles. The van der Waals surface area contributed by atoms with Gasteiger partial charge < -0.3 is 10.2 Å². The number of nitrogens with one attached hydrogen (secondary N) is 1. The van der Waals surface area contributed by atoms with Gasteiger partial charge in [0, 0.05) is 12.7 Å². The first kappa shape index (κ1) is 16.0. The Hall–Kier alpha value is -1.06. The van der Waals surface area contributed by atoms with Crippen LogP contribution in [0.25, 0.3) is 0 Å². The second-order valence-corrected chi connectivity index (χ2v) is 5.17. The molecule has 4 heteroatoms. The van der Waals surface area contributed by atoms with Crippen LogP contribution in [-0.2, 0) is 4.79 Å². The van der Waals surface area contributed by atoms with Crippen LogP contribution in [0, 0.1) is 6.92 Å². The third kappa shape index (κ3) is 3.10. The molecular weight excluding hydrogens is 260 g/mol. The van der Waals surface area contributed by atoms with Crippen molar-refractivity contribution >= 4 is 24.0 Å². The molecule has 0 bridgehead atoms. The summed E-state index contributed by atoms with van der Waals surface area (Å²) in [5, 5.41) is 3.39. The lowest BCUT2D eigenvalue weighted by atomic mass is 9.92. The Morgan fingerprint density at radius 2 is 2.00 bits per heavy atom. The van der Waals surface area contributed by atoms with Crippen molar-refractivity contribution in [3.8, 4) is 0 Å². The van der Waals surface area contributed by atoms with Crippen LogP contribution < -0.4 is 10.2 Å². The van der Waals surface area contributed by atoms with Crippen LogP contribution in [0.1, 0.15) is 31.7 Å². The number of aryl methyl sites for hydroxylation is 1. The Bertz CT molecular complexity index is 424. The summed E-state index contributed by atoms with van der Waals surface area (Å²) in [7, 11) is 1.87. The summed E-state index contributed by atoms with van der Waals surface area (Å²) in [6, 6.07) is 8.09. The Morgan fingerprint density at radius 3 is 2.47 bits per heavy atom. The molecule has 1 atom stereocenters. The van der Waals surface area contributed by atoms with Crippen LogP contribution in [0.5, 0.6) is 0 Å². The number of anilines is 1. The summed E-state index contributed by atoms with van der Waals surface area (Å²) in [6.07, 6.45) is 2.88. The van der Waals surface area contributed by atoms with E-state index < -0.39 is 0 Å². The van der Waals surface area contributed by atoms with Crippen LogP contribution in [0.2, 0.25) is 0 Å². The highest BCUT2D eigenvalue weighted by Crippen LogP contribution is 2.27. The fourth-order valence-electron chi connectivity index (χ4n) is 2.65. The minimum Gasteiger partial charge on any atom is -0.314 e. The molecule has 19 heavy (non-hydrogen) atoms. The van der Waals surface area contributed by atoms with Gasteiger partial charge in [-0.1, -0.05) is 24.6 Å². The van der Waals surface area contributed by atoms with E-state index in [9.17, 15) is 4.79 Å². The minimum absolute atomic E-state index is 0. The lowest BCUT2D eigenvalue weighted by Gasteiger charge is -2.31. The van der Waals surface area contributed by atoms with Gasteiger partial charge in [0.05, 0.1) is 5.54 Å². The molecule has 0 saturated carbocycles. The Labute approximate surface area is 121 Å². The van der Waals surface area contributed by atoms with Gasteiger partial charge in [0.1, 0.15) is 0 Å². The number of hydrogen-bond donors (Lipinski definition) is 1. The molecule has 0 aliphatic carbocycles. The molecule has 1 heterocycles. The normalized spacial score (nSPS) is 21.8. The average Bonchev–Trinajstić information content (AvgIpc) is 2.88. The van der Waals surface area contributed by atoms with Crippen molar-refractivity contribution in [3.63, 3.8) is 0 Å². The monoisotopic (exact) mass is 282 g/mol. The van der Waals surface area contributed by atoms with Crippen molar-refractivity contribution in [1.82, 2.24) is 5.32 Å². The van der Waals surface area contributed by atoms with Crippen molar-refractivity contribution in [1.29, 1.82) is 0 Å². The second-order valence-electron chi connectivity index (χ2n) is 5.17. The molecular formula is C15H23ClN2O. The molecule has 1 N–H and O–H groups in total. The maximum Gasteiger partial charge on any atom is 0.247 e. The Morgan fingerprint density at radius 1 is 1.37 bits per heavy atom. The first-order chi connectivity index (χ1) is 8.59. The van der Waals surface area contributed by atoms with Crippen molar-refractivity contribution in [2.75, 3.05) is 18.5 Å². The zero-order chi connectivity index (χ0) is 13.2. The smallest absolute Gasteiger partial charge is 0.247 e. The van der Waals surface area contributed by atoms with Gasteiger partial charge in [-0.25, -0.2) is 0 Å². The van der Waals surface area contributed by atoms with Gasteiger partial charge in [-0.2, -0.15) is 0 Å². The molecule has 106 valence electrons. The fraction of sp³-hybridized carbons (Fsp3) is 0.533. The van der Waals surface area contributed by atoms with Gasteiger partial charge in [0.15, 0.2) is 0 Å². The molecule has 3 nitrogen and oxygen atoms in total. The van der Waals surface area contributed by atoms with E-state index in [1.54, 1.807) is 4.90 Å². The van der Waals surface area contributed by atoms with Crippen LogP contribution in [0.4, 0.5) is 5.69 Å². The summed E-state index contributed by atoms with van der Waals surface area (Å²) >= 11 is 0. The first-order valence-electron chi connectivity index (χ1n) is 6.69. The lowest BCUT2D eigenvalue weighted by Crippen LogP contribution is -2.53. The second kappa shape index (κ2) is 6.40. The number of nitrogens with zero attached hydrogens (tertiary/aromatic N) is 1. The van der Waals surface area contributed by atoms with E-state index in [1.807, 2.05) is 31.3 Å². The molecule has 1 fully saturated rings. The van der Waals surface area contributed by atoms with Gasteiger partial charge in [-0.05, 0) is 44.9 Å². The van der Waals surface area contributed by atoms with Crippen LogP contribution in [0.3, 0.4) is 0 Å². The fourth-order valence-corrected chi connectivity index (χ4v) is 2.65. The summed E-state index contributed by atoms with van der Waals surface area (Å²) in [5.74, 6) is 0.186. The molecule has 0 spiro atoms. The highest BCUT2D eigenvalue weighted by atomic mass is 35.5. The van der Waals surface area contributed by atoms with Crippen molar-refractivity contribution in [2.45, 2.75) is 38.6 Å². The number of carbonyl (C=O) groups excluding carboxylic acids is 1. The molecule has 1 saturated heterocycles. The number of benzene rings is 1. The predicted molar refractivity (Wildman–Crippen MR) is 82.1 cm³/mol. The standard InChI is InChI=1S/C15H22N2O.ClH/c1-4-15(10-5-11-16-15)14(18)17(3)13-8-6-12(2)7-9-13;/h6-9,16H,4-5,10-11H2,1-3H3;1H. The SMILES string of the molecule is CCC1(C(=O)N(C)c2ccc(C)cc2)CCCN1.Cl. The zero-order valence-corrected chi connectivity index (χ0v) is 12.7. The van der Waals surface area contributed by atoms with Gasteiger partial charge in [-0.3, -0.25) is 4.79 Å². The number of carbonyl (C=O) groups is 1. The summed E-state index contributed by atoms with van der Waals surface area (Å²) in [6.45, 7) is 5.08. The van der Waals surface area contributed by atoms with E-state index in [0.29, 0.717) is 0 Å². The van der Waals surface area contributed by atoms with Crippen LogP contribution >= 0.6 is 12.4 Å². The van der Waals surface area contributed by atoms with Gasteiger partial charge in [0.25, 0.3) is 0 Å². The highest BCUT2D eigenvalue weighted by Gasteiger charge is 2.41. The number of halogens is 1. The minimum atomic E-state index is -0.348. The molecule has 1 aliphatic rings. The van der Waals surface area contributed by atoms with Gasteiger partial charge in [-0.15, -0.1) is 12.4 Å². The number of amides is 1. The number of rotatable bonds is 3. The van der Waals surface area contributed by atoms with E-state index in [2.05, 4.69) is 19.2 Å². The van der Waals surface area contributed by atoms with E-state index >= 15 is 0 Å². The lowest BCUT2D eigenvalue weighted by molar-refractivity contribution is -0.124. The van der Waals surface area contributed by atoms with Crippen molar-refractivity contribution < 1.29 is 4.79 Å². The summed E-state index contributed by atoms with van der Waals surface area (Å²) in [4.78, 5) is 14.4. The molecule has 1 aromatic carbocycles. The maximum atomic E-state index is 12.6. The van der Waals surface area contributed by atoms with Crippen LogP contribution in [-0.4, -0.2) is 25.0 Å². The van der Waals surface area contributed by atoms with E-state index in [4.69, 9.17) is 0 Å². The summed E-state index contributed by atoms with van der Waals surface area (Å²) in [5.41, 5.74) is 1.83. The largest absolute Gasteiger partial charge is 0.314 e. The molecule has 1 amide bonds. The Balaban J connectivity index is 0.00000180. The number of hydrogen-bond acceptors (Lipinski definition) is 2. The molecule has 0 radical (unpaired) electrons. The third-order valence-corrected chi connectivity index (χ3v) is 3.98. The van der Waals surface area contributed by atoms with Crippen molar-refractivity contribution in [3.05, 3.63) is 29.8 Å². The highest BCUT2D eigenvalue weighted by molar-refractivity contribution is 6.00. The zero-order valence-electron chi connectivity index (χ0n) is 11.9. The predicted octanol–water partition coefficient (Wildman–Crippen LogP) is 2.91. The third-order valence-electron chi connectivity index (χ3n) is 3.98. The van der Waals surface area contributed by atoms with Crippen LogP contribution in [0.15, 0.2) is 24.3 Å². The van der Waals surface area contributed by atoms with E-state index in [0.717, 1.165) is 31.5 Å². The topological polar surface area (TPSA) is 32.3 Å². The molecule has 1 aromatic rings. The van der Waals surface area contributed by atoms with Gasteiger partial charge in [0.2, 0.25) is 5.91 Å².